The van der Waals surface area contributed by atoms with Gasteiger partial charge in [0.05, 0.1) is 13.7 Å². The van der Waals surface area contributed by atoms with Crippen LogP contribution >= 0.6 is 0 Å². The van der Waals surface area contributed by atoms with Gasteiger partial charge in [-0.2, -0.15) is 0 Å². The number of carbonyl (C=O) groups excluding carboxylic acids is 1. The summed E-state index contributed by atoms with van der Waals surface area (Å²) in [6.07, 6.45) is 1.59. The highest BCUT2D eigenvalue weighted by atomic mass is 16.5. The van der Waals surface area contributed by atoms with Gasteiger partial charge in [0.15, 0.2) is 11.5 Å². The Kier molecular flexibility index (Phi) is 5.30. The molecule has 2 aromatic carbocycles. The maximum Gasteiger partial charge on any atom is 0.227 e. The summed E-state index contributed by atoms with van der Waals surface area (Å²) >= 11 is 0. The summed E-state index contributed by atoms with van der Waals surface area (Å²) in [6, 6.07) is 16.0. The SMILES string of the molecule is COc1cccc2c1OCCCN(C[C@@H]1CC(=O)N(c3ccccc3)C1)C2. The van der Waals surface area contributed by atoms with Crippen molar-refractivity contribution in [3.8, 4) is 11.5 Å². The van der Waals surface area contributed by atoms with Crippen molar-refractivity contribution in [3.63, 3.8) is 0 Å². The van der Waals surface area contributed by atoms with Gasteiger partial charge in [-0.05, 0) is 30.5 Å². The number of methoxy groups -OCH3 is 1. The first kappa shape index (κ1) is 17.9. The van der Waals surface area contributed by atoms with Gasteiger partial charge in [-0.25, -0.2) is 0 Å². The number of amides is 1. The Morgan fingerprint density at radius 2 is 2.00 bits per heavy atom. The smallest absolute Gasteiger partial charge is 0.227 e. The molecule has 5 nitrogen and oxygen atoms in total. The molecule has 1 amide bonds. The van der Waals surface area contributed by atoms with Crippen LogP contribution in [0.2, 0.25) is 0 Å². The van der Waals surface area contributed by atoms with Gasteiger partial charge < -0.3 is 14.4 Å². The Hall–Kier alpha value is -2.53. The van der Waals surface area contributed by atoms with Crippen molar-refractivity contribution in [1.82, 2.24) is 4.90 Å². The van der Waals surface area contributed by atoms with Crippen molar-refractivity contribution in [2.45, 2.75) is 19.4 Å². The number of benzene rings is 2. The van der Waals surface area contributed by atoms with Crippen molar-refractivity contribution in [2.24, 2.45) is 5.92 Å². The number of hydrogen-bond donors (Lipinski definition) is 0. The summed E-state index contributed by atoms with van der Waals surface area (Å²) < 4.78 is 11.4. The molecule has 0 aromatic heterocycles. The lowest BCUT2D eigenvalue weighted by molar-refractivity contribution is -0.117. The fourth-order valence-corrected chi connectivity index (χ4v) is 4.08. The molecular weight excluding hydrogens is 340 g/mol. The maximum absolute atomic E-state index is 12.5. The van der Waals surface area contributed by atoms with Gasteiger partial charge in [0.25, 0.3) is 0 Å². The summed E-state index contributed by atoms with van der Waals surface area (Å²) in [4.78, 5) is 16.9. The van der Waals surface area contributed by atoms with Gasteiger partial charge in [-0.3, -0.25) is 9.69 Å². The number of rotatable bonds is 4. The molecule has 0 saturated carbocycles. The molecule has 2 heterocycles. The number of nitrogens with zero attached hydrogens (tertiary/aromatic N) is 2. The molecule has 1 atom stereocenters. The van der Waals surface area contributed by atoms with Crippen LogP contribution in [-0.4, -0.2) is 44.2 Å². The van der Waals surface area contributed by atoms with E-state index in [-0.39, 0.29) is 5.91 Å². The molecule has 0 unspecified atom stereocenters. The van der Waals surface area contributed by atoms with Crippen LogP contribution in [0.5, 0.6) is 11.5 Å². The molecule has 2 aliphatic rings. The third-order valence-corrected chi connectivity index (χ3v) is 5.33. The fourth-order valence-electron chi connectivity index (χ4n) is 4.08. The molecule has 5 heteroatoms. The van der Waals surface area contributed by atoms with Crippen molar-refractivity contribution in [1.29, 1.82) is 0 Å². The first-order chi connectivity index (χ1) is 13.2. The zero-order valence-corrected chi connectivity index (χ0v) is 15.8. The van der Waals surface area contributed by atoms with Crippen LogP contribution in [0.4, 0.5) is 5.69 Å². The molecular formula is C22H26N2O3. The number of hydrogen-bond acceptors (Lipinski definition) is 4. The summed E-state index contributed by atoms with van der Waals surface area (Å²) in [6.45, 7) is 4.20. The fraction of sp³-hybridized carbons (Fsp3) is 0.409. The number of para-hydroxylation sites is 2. The van der Waals surface area contributed by atoms with E-state index in [1.165, 1.54) is 0 Å². The molecule has 0 N–H and O–H groups in total. The first-order valence-corrected chi connectivity index (χ1v) is 9.61. The molecule has 2 aliphatic heterocycles. The Bertz CT molecular complexity index is 793. The molecule has 142 valence electrons. The Morgan fingerprint density at radius 1 is 1.15 bits per heavy atom. The van der Waals surface area contributed by atoms with Crippen LogP contribution in [0.1, 0.15) is 18.4 Å². The summed E-state index contributed by atoms with van der Waals surface area (Å²) in [5.41, 5.74) is 2.15. The lowest BCUT2D eigenvalue weighted by Crippen LogP contribution is -2.33. The standard InChI is InChI=1S/C22H26N2O3/c1-26-20-10-5-7-18-16-23(11-6-12-27-22(18)20)14-17-13-21(25)24(15-17)19-8-3-2-4-9-19/h2-5,7-10,17H,6,11-16H2,1H3/t17-/m0/s1. The molecule has 0 bridgehead atoms. The predicted octanol–water partition coefficient (Wildman–Crippen LogP) is 3.33. The minimum absolute atomic E-state index is 0.226. The highest BCUT2D eigenvalue weighted by Gasteiger charge is 2.32. The van der Waals surface area contributed by atoms with Crippen molar-refractivity contribution in [2.75, 3.05) is 38.3 Å². The lowest BCUT2D eigenvalue weighted by Gasteiger charge is -2.29. The van der Waals surface area contributed by atoms with Crippen molar-refractivity contribution < 1.29 is 14.3 Å². The number of fused-ring (bicyclic) bond motifs is 1. The van der Waals surface area contributed by atoms with E-state index in [0.717, 1.165) is 55.3 Å². The van der Waals surface area contributed by atoms with Gasteiger partial charge in [-0.15, -0.1) is 0 Å². The summed E-state index contributed by atoms with van der Waals surface area (Å²) in [5.74, 6) is 2.23. The average Bonchev–Trinajstić information content (AvgIpc) is 3.04. The van der Waals surface area contributed by atoms with E-state index < -0.39 is 0 Å². The van der Waals surface area contributed by atoms with Gasteiger partial charge >= 0.3 is 0 Å². The first-order valence-electron chi connectivity index (χ1n) is 9.61. The number of anilines is 1. The van der Waals surface area contributed by atoms with Crippen LogP contribution in [0.15, 0.2) is 48.5 Å². The molecule has 1 saturated heterocycles. The maximum atomic E-state index is 12.5. The quantitative estimate of drug-likeness (QED) is 0.832. The lowest BCUT2D eigenvalue weighted by atomic mass is 10.1. The second-order valence-electron chi connectivity index (χ2n) is 7.30. The van der Waals surface area contributed by atoms with Crippen LogP contribution in [-0.2, 0) is 11.3 Å². The van der Waals surface area contributed by atoms with E-state index in [4.69, 9.17) is 9.47 Å². The van der Waals surface area contributed by atoms with E-state index >= 15 is 0 Å². The molecule has 27 heavy (non-hydrogen) atoms. The predicted molar refractivity (Wildman–Crippen MR) is 105 cm³/mol. The van der Waals surface area contributed by atoms with Crippen LogP contribution in [0.3, 0.4) is 0 Å². The number of carbonyl (C=O) groups is 1. The average molecular weight is 366 g/mol. The molecule has 0 radical (unpaired) electrons. The molecule has 1 fully saturated rings. The van der Waals surface area contributed by atoms with Crippen LogP contribution in [0.25, 0.3) is 0 Å². The Balaban J connectivity index is 1.46. The van der Waals surface area contributed by atoms with E-state index in [1.54, 1.807) is 7.11 Å². The number of ether oxygens (including phenoxy) is 2. The second-order valence-corrected chi connectivity index (χ2v) is 7.30. The molecule has 4 rings (SSSR count). The highest BCUT2D eigenvalue weighted by molar-refractivity contribution is 5.95. The third-order valence-electron chi connectivity index (χ3n) is 5.33. The second kappa shape index (κ2) is 8.01. The monoisotopic (exact) mass is 366 g/mol. The van der Waals surface area contributed by atoms with Gasteiger partial charge in [0, 0.05) is 43.9 Å². The van der Waals surface area contributed by atoms with Gasteiger partial charge in [-0.1, -0.05) is 30.3 Å². The minimum Gasteiger partial charge on any atom is -0.493 e. The van der Waals surface area contributed by atoms with Crippen molar-refractivity contribution in [3.05, 3.63) is 54.1 Å². The summed E-state index contributed by atoms with van der Waals surface area (Å²) in [7, 11) is 1.68. The van der Waals surface area contributed by atoms with E-state index in [9.17, 15) is 4.79 Å². The van der Waals surface area contributed by atoms with Gasteiger partial charge in [0.2, 0.25) is 5.91 Å². The van der Waals surface area contributed by atoms with Gasteiger partial charge in [0.1, 0.15) is 0 Å². The molecule has 0 spiro atoms. The largest absolute Gasteiger partial charge is 0.493 e. The Labute approximate surface area is 160 Å². The summed E-state index contributed by atoms with van der Waals surface area (Å²) in [5, 5.41) is 0. The van der Waals surface area contributed by atoms with E-state index in [1.807, 2.05) is 47.4 Å². The Morgan fingerprint density at radius 3 is 2.81 bits per heavy atom. The highest BCUT2D eigenvalue weighted by Crippen LogP contribution is 2.34. The van der Waals surface area contributed by atoms with Crippen molar-refractivity contribution >= 4 is 11.6 Å². The normalized spacial score (nSPS) is 20.6. The third kappa shape index (κ3) is 3.93. The van der Waals surface area contributed by atoms with Crippen LogP contribution in [0, 0.1) is 5.92 Å². The van der Waals surface area contributed by atoms with E-state index in [2.05, 4.69) is 11.0 Å². The van der Waals surface area contributed by atoms with E-state index in [0.29, 0.717) is 18.9 Å². The topological polar surface area (TPSA) is 42.0 Å². The van der Waals surface area contributed by atoms with Crippen LogP contribution < -0.4 is 14.4 Å². The molecule has 2 aromatic rings. The molecule has 0 aliphatic carbocycles. The minimum atomic E-state index is 0.226. The zero-order valence-electron chi connectivity index (χ0n) is 15.8. The zero-order chi connectivity index (χ0) is 18.6.